The van der Waals surface area contributed by atoms with Crippen molar-refractivity contribution < 1.29 is 9.53 Å². The predicted molar refractivity (Wildman–Crippen MR) is 90.7 cm³/mol. The van der Waals surface area contributed by atoms with Crippen molar-refractivity contribution in [1.82, 2.24) is 10.3 Å². The zero-order chi connectivity index (χ0) is 15.9. The lowest BCUT2D eigenvalue weighted by Gasteiger charge is -2.18. The lowest BCUT2D eigenvalue weighted by atomic mass is 10.1. The average Bonchev–Trinajstić information content (AvgIpc) is 2.97. The third-order valence-corrected chi connectivity index (χ3v) is 4.74. The van der Waals surface area contributed by atoms with Crippen molar-refractivity contribution in [3.05, 3.63) is 24.0 Å². The summed E-state index contributed by atoms with van der Waals surface area (Å²) >= 11 is 0. The van der Waals surface area contributed by atoms with Gasteiger partial charge in [-0.3, -0.25) is 9.78 Å². The number of nitrogens with zero attached hydrogens (tertiary/aromatic N) is 1. The molecule has 0 radical (unpaired) electrons. The number of anilines is 1. The minimum absolute atomic E-state index is 0.0717. The van der Waals surface area contributed by atoms with Crippen LogP contribution in [0.15, 0.2) is 18.5 Å². The molecular formula is C18H27N3O2. The van der Waals surface area contributed by atoms with Gasteiger partial charge in [-0.15, -0.1) is 0 Å². The first kappa shape index (κ1) is 16.2. The van der Waals surface area contributed by atoms with Gasteiger partial charge in [0, 0.05) is 31.6 Å². The van der Waals surface area contributed by atoms with E-state index < -0.39 is 0 Å². The van der Waals surface area contributed by atoms with Crippen LogP contribution in [0.5, 0.6) is 0 Å². The van der Waals surface area contributed by atoms with Crippen LogP contribution in [-0.4, -0.2) is 36.2 Å². The van der Waals surface area contributed by atoms with Crippen molar-refractivity contribution in [1.29, 1.82) is 0 Å². The molecule has 1 aromatic heterocycles. The number of carbonyl (C=O) groups is 1. The molecule has 2 heterocycles. The van der Waals surface area contributed by atoms with Crippen LogP contribution in [0.4, 0.5) is 5.69 Å². The van der Waals surface area contributed by atoms with Gasteiger partial charge >= 0.3 is 0 Å². The number of nitrogens with one attached hydrogen (secondary N) is 2. The van der Waals surface area contributed by atoms with Crippen LogP contribution in [0.25, 0.3) is 0 Å². The predicted octanol–water partition coefficient (Wildman–Crippen LogP) is 3.13. The van der Waals surface area contributed by atoms with Gasteiger partial charge in [0.15, 0.2) is 0 Å². The van der Waals surface area contributed by atoms with Gasteiger partial charge in [-0.1, -0.05) is 25.7 Å². The molecule has 0 aromatic carbocycles. The highest BCUT2D eigenvalue weighted by molar-refractivity contribution is 5.94. The summed E-state index contributed by atoms with van der Waals surface area (Å²) in [5.41, 5.74) is 1.56. The fraction of sp³-hybridized carbons (Fsp3) is 0.667. The van der Waals surface area contributed by atoms with Gasteiger partial charge in [0.25, 0.3) is 5.91 Å². The first-order valence-electron chi connectivity index (χ1n) is 8.92. The summed E-state index contributed by atoms with van der Waals surface area (Å²) in [5, 5.41) is 6.50. The van der Waals surface area contributed by atoms with E-state index in [2.05, 4.69) is 15.6 Å². The molecule has 2 N–H and O–H groups in total. The first-order valence-corrected chi connectivity index (χ1v) is 8.92. The average molecular weight is 317 g/mol. The molecule has 0 bridgehead atoms. The Morgan fingerprint density at radius 3 is 2.70 bits per heavy atom. The number of pyridine rings is 1. The molecule has 5 nitrogen and oxygen atoms in total. The smallest absolute Gasteiger partial charge is 0.253 e. The molecule has 2 fully saturated rings. The fourth-order valence-corrected chi connectivity index (χ4v) is 3.42. The van der Waals surface area contributed by atoms with Gasteiger partial charge in [-0.05, 0) is 31.7 Å². The van der Waals surface area contributed by atoms with Crippen molar-refractivity contribution in [2.45, 2.75) is 63.5 Å². The van der Waals surface area contributed by atoms with Gasteiger partial charge in [-0.2, -0.15) is 0 Å². The van der Waals surface area contributed by atoms with Crippen molar-refractivity contribution in [3.8, 4) is 0 Å². The molecule has 5 heteroatoms. The van der Waals surface area contributed by atoms with E-state index in [4.69, 9.17) is 4.74 Å². The van der Waals surface area contributed by atoms with E-state index in [1.165, 1.54) is 38.5 Å². The van der Waals surface area contributed by atoms with Crippen molar-refractivity contribution in [3.63, 3.8) is 0 Å². The number of hydrogen-bond acceptors (Lipinski definition) is 4. The van der Waals surface area contributed by atoms with E-state index in [1.807, 2.05) is 12.3 Å². The summed E-state index contributed by atoms with van der Waals surface area (Å²) in [6, 6.07) is 2.41. The van der Waals surface area contributed by atoms with E-state index >= 15 is 0 Å². The zero-order valence-electron chi connectivity index (χ0n) is 13.7. The van der Waals surface area contributed by atoms with Gasteiger partial charge in [-0.25, -0.2) is 0 Å². The van der Waals surface area contributed by atoms with Gasteiger partial charge < -0.3 is 15.4 Å². The highest BCUT2D eigenvalue weighted by Gasteiger charge is 2.17. The van der Waals surface area contributed by atoms with E-state index in [1.54, 1.807) is 6.20 Å². The normalized spacial score (nSPS) is 22.5. The Labute approximate surface area is 138 Å². The van der Waals surface area contributed by atoms with Crippen LogP contribution in [-0.2, 0) is 4.74 Å². The summed E-state index contributed by atoms with van der Waals surface area (Å²) in [7, 11) is 0. The topological polar surface area (TPSA) is 63.2 Å². The summed E-state index contributed by atoms with van der Waals surface area (Å²) in [4.78, 5) is 16.5. The van der Waals surface area contributed by atoms with E-state index in [-0.39, 0.29) is 12.0 Å². The molecule has 1 atom stereocenters. The Hall–Kier alpha value is -1.62. The van der Waals surface area contributed by atoms with Gasteiger partial charge in [0.1, 0.15) is 0 Å². The van der Waals surface area contributed by atoms with Gasteiger partial charge in [0.2, 0.25) is 0 Å². The molecule has 23 heavy (non-hydrogen) atoms. The van der Waals surface area contributed by atoms with Crippen LogP contribution < -0.4 is 10.6 Å². The second-order valence-corrected chi connectivity index (χ2v) is 6.64. The fourth-order valence-electron chi connectivity index (χ4n) is 3.42. The molecule has 126 valence electrons. The van der Waals surface area contributed by atoms with Crippen molar-refractivity contribution in [2.24, 2.45) is 0 Å². The minimum Gasteiger partial charge on any atom is -0.381 e. The molecule has 1 aromatic rings. The van der Waals surface area contributed by atoms with Gasteiger partial charge in [0.05, 0.1) is 17.4 Å². The Balaban J connectivity index is 1.54. The maximum Gasteiger partial charge on any atom is 0.253 e. The standard InChI is InChI=1S/C18H27N3O2/c22-18(20-13-17-8-5-9-23-17)14-10-16(12-19-11-14)21-15-6-3-1-2-4-7-15/h10-12,15,17,21H,1-9,13H2,(H,20,22). The first-order chi connectivity index (χ1) is 11.3. The highest BCUT2D eigenvalue weighted by Crippen LogP contribution is 2.21. The second kappa shape index (κ2) is 8.29. The SMILES string of the molecule is O=C(NCC1CCCO1)c1cncc(NC2CCCCCC2)c1. The minimum atomic E-state index is -0.0717. The van der Waals surface area contributed by atoms with Crippen LogP contribution in [0, 0.1) is 0 Å². The Morgan fingerprint density at radius 2 is 1.96 bits per heavy atom. The number of hydrogen-bond donors (Lipinski definition) is 2. The maximum absolute atomic E-state index is 12.3. The van der Waals surface area contributed by atoms with Crippen LogP contribution >= 0.6 is 0 Å². The number of aromatic nitrogens is 1. The summed E-state index contributed by atoms with van der Waals surface area (Å²) < 4.78 is 5.53. The Morgan fingerprint density at radius 1 is 1.13 bits per heavy atom. The quantitative estimate of drug-likeness (QED) is 0.819. The van der Waals surface area contributed by atoms with Crippen molar-refractivity contribution >= 4 is 11.6 Å². The molecule has 1 saturated carbocycles. The van der Waals surface area contributed by atoms with Crippen LogP contribution in [0.2, 0.25) is 0 Å². The van der Waals surface area contributed by atoms with Crippen LogP contribution in [0.3, 0.4) is 0 Å². The zero-order valence-corrected chi connectivity index (χ0v) is 13.7. The third kappa shape index (κ3) is 4.93. The molecule has 2 aliphatic rings. The number of ether oxygens (including phenoxy) is 1. The molecule has 1 amide bonds. The molecule has 1 unspecified atom stereocenters. The summed E-state index contributed by atoms with van der Waals surface area (Å²) in [6.07, 6.45) is 13.4. The molecule has 1 saturated heterocycles. The van der Waals surface area contributed by atoms with E-state index in [0.717, 1.165) is 25.1 Å². The molecular weight excluding hydrogens is 290 g/mol. The second-order valence-electron chi connectivity index (χ2n) is 6.64. The molecule has 1 aliphatic carbocycles. The number of rotatable bonds is 5. The van der Waals surface area contributed by atoms with E-state index in [0.29, 0.717) is 18.2 Å². The Bertz CT molecular complexity index is 507. The number of carbonyl (C=O) groups excluding carboxylic acids is 1. The number of amides is 1. The summed E-state index contributed by atoms with van der Waals surface area (Å²) in [5.74, 6) is -0.0717. The van der Waals surface area contributed by atoms with E-state index in [9.17, 15) is 4.79 Å². The monoisotopic (exact) mass is 317 g/mol. The van der Waals surface area contributed by atoms with Crippen molar-refractivity contribution in [2.75, 3.05) is 18.5 Å². The maximum atomic E-state index is 12.3. The lowest BCUT2D eigenvalue weighted by molar-refractivity contribution is 0.0857. The summed E-state index contributed by atoms with van der Waals surface area (Å²) in [6.45, 7) is 1.39. The Kier molecular flexibility index (Phi) is 5.86. The van der Waals surface area contributed by atoms with Crippen LogP contribution in [0.1, 0.15) is 61.7 Å². The lowest BCUT2D eigenvalue weighted by Crippen LogP contribution is -2.31. The largest absolute Gasteiger partial charge is 0.381 e. The molecule has 1 aliphatic heterocycles. The highest BCUT2D eigenvalue weighted by atomic mass is 16.5. The molecule has 0 spiro atoms. The molecule has 3 rings (SSSR count). The third-order valence-electron chi connectivity index (χ3n) is 4.74.